The molecular weight excluding hydrogens is 164 g/mol. The second-order valence-electron chi connectivity index (χ2n) is 3.48. The molecule has 0 spiro atoms. The number of nitrogens with one attached hydrogen (secondary N) is 1. The largest absolute Gasteiger partial charge is 0.375 e. The van der Waals surface area contributed by atoms with Crippen LogP contribution in [-0.4, -0.2) is 25.3 Å². The Bertz CT molecular complexity index is 170. The summed E-state index contributed by atoms with van der Waals surface area (Å²) in [4.78, 5) is 0. The maximum atomic E-state index is 8.74. The van der Waals surface area contributed by atoms with E-state index in [-0.39, 0.29) is 6.04 Å². The zero-order valence-corrected chi connectivity index (χ0v) is 8.25. The van der Waals surface area contributed by atoms with Crippen molar-refractivity contribution in [2.75, 3.05) is 13.2 Å². The summed E-state index contributed by atoms with van der Waals surface area (Å²) in [5.74, 6) is 0. The molecular formula is C10H18N2O. The summed E-state index contributed by atoms with van der Waals surface area (Å²) in [6.45, 7) is 3.36. The number of ether oxygens (including phenoxy) is 1. The monoisotopic (exact) mass is 182 g/mol. The second-order valence-corrected chi connectivity index (χ2v) is 3.48. The van der Waals surface area contributed by atoms with E-state index in [1.165, 1.54) is 25.7 Å². The van der Waals surface area contributed by atoms with Crippen molar-refractivity contribution in [3.8, 4) is 6.07 Å². The van der Waals surface area contributed by atoms with Crippen molar-refractivity contribution >= 4 is 0 Å². The molecule has 3 heteroatoms. The number of likely N-dealkylation sites (N-methyl/N-ethyl adjacent to an activating group) is 1. The second kappa shape index (κ2) is 5.95. The van der Waals surface area contributed by atoms with Gasteiger partial charge < -0.3 is 10.1 Å². The van der Waals surface area contributed by atoms with Gasteiger partial charge in [0.2, 0.25) is 0 Å². The van der Waals surface area contributed by atoms with Gasteiger partial charge in [0.1, 0.15) is 6.04 Å². The zero-order chi connectivity index (χ0) is 9.52. The van der Waals surface area contributed by atoms with E-state index >= 15 is 0 Å². The molecule has 0 aromatic rings. The fourth-order valence-corrected chi connectivity index (χ4v) is 1.68. The van der Waals surface area contributed by atoms with Crippen LogP contribution in [0.3, 0.4) is 0 Å². The van der Waals surface area contributed by atoms with Crippen LogP contribution in [0.25, 0.3) is 0 Å². The Morgan fingerprint density at radius 1 is 1.54 bits per heavy atom. The molecule has 1 atom stereocenters. The van der Waals surface area contributed by atoms with Gasteiger partial charge in [-0.25, -0.2) is 0 Å². The van der Waals surface area contributed by atoms with E-state index in [0.717, 1.165) is 6.54 Å². The van der Waals surface area contributed by atoms with Gasteiger partial charge in [-0.3, -0.25) is 0 Å². The lowest BCUT2D eigenvalue weighted by Crippen LogP contribution is -2.33. The molecule has 1 unspecified atom stereocenters. The average Bonchev–Trinajstić information content (AvgIpc) is 2.64. The van der Waals surface area contributed by atoms with Crippen molar-refractivity contribution in [2.45, 2.75) is 44.8 Å². The summed E-state index contributed by atoms with van der Waals surface area (Å²) in [5.41, 5.74) is 0. The van der Waals surface area contributed by atoms with E-state index in [9.17, 15) is 0 Å². The quantitative estimate of drug-likeness (QED) is 0.700. The highest BCUT2D eigenvalue weighted by molar-refractivity contribution is 4.89. The number of nitrogens with zero attached hydrogens (tertiary/aromatic N) is 1. The lowest BCUT2D eigenvalue weighted by Gasteiger charge is -2.14. The van der Waals surface area contributed by atoms with Crippen LogP contribution in [0.1, 0.15) is 32.6 Å². The van der Waals surface area contributed by atoms with Crippen molar-refractivity contribution in [1.29, 1.82) is 5.26 Å². The molecule has 0 heterocycles. The first-order chi connectivity index (χ1) is 6.36. The van der Waals surface area contributed by atoms with Crippen molar-refractivity contribution in [3.63, 3.8) is 0 Å². The molecule has 0 saturated heterocycles. The van der Waals surface area contributed by atoms with Crippen molar-refractivity contribution in [3.05, 3.63) is 0 Å². The number of hydrogen-bond donors (Lipinski definition) is 1. The molecule has 1 fully saturated rings. The Balaban J connectivity index is 2.12. The smallest absolute Gasteiger partial charge is 0.119 e. The molecule has 0 aromatic heterocycles. The SMILES string of the molecule is CCNC(C#N)COC1CCCC1. The summed E-state index contributed by atoms with van der Waals surface area (Å²) >= 11 is 0. The van der Waals surface area contributed by atoms with Crippen LogP contribution >= 0.6 is 0 Å². The predicted molar refractivity (Wildman–Crippen MR) is 51.3 cm³/mol. The maximum absolute atomic E-state index is 8.74. The van der Waals surface area contributed by atoms with Gasteiger partial charge in [0.15, 0.2) is 0 Å². The molecule has 0 bridgehead atoms. The molecule has 0 aromatic carbocycles. The first kappa shape index (κ1) is 10.5. The summed E-state index contributed by atoms with van der Waals surface area (Å²) in [6.07, 6.45) is 5.32. The van der Waals surface area contributed by atoms with Gasteiger partial charge in [-0.2, -0.15) is 5.26 Å². The lowest BCUT2D eigenvalue weighted by atomic mass is 10.3. The molecule has 1 aliphatic rings. The first-order valence-corrected chi connectivity index (χ1v) is 5.11. The third kappa shape index (κ3) is 3.75. The van der Waals surface area contributed by atoms with E-state index in [0.29, 0.717) is 12.7 Å². The molecule has 13 heavy (non-hydrogen) atoms. The molecule has 74 valence electrons. The van der Waals surface area contributed by atoms with Gasteiger partial charge >= 0.3 is 0 Å². The Morgan fingerprint density at radius 3 is 2.77 bits per heavy atom. The van der Waals surface area contributed by atoms with Gasteiger partial charge in [0.05, 0.1) is 18.8 Å². The molecule has 0 aliphatic heterocycles. The topological polar surface area (TPSA) is 45.0 Å². The van der Waals surface area contributed by atoms with Crippen LogP contribution in [-0.2, 0) is 4.74 Å². The van der Waals surface area contributed by atoms with E-state index in [1.54, 1.807) is 0 Å². The van der Waals surface area contributed by atoms with Gasteiger partial charge in [-0.05, 0) is 19.4 Å². The Labute approximate surface area is 80.1 Å². The summed E-state index contributed by atoms with van der Waals surface area (Å²) in [7, 11) is 0. The average molecular weight is 182 g/mol. The van der Waals surface area contributed by atoms with Crippen LogP contribution in [0.4, 0.5) is 0 Å². The van der Waals surface area contributed by atoms with Crippen LogP contribution in [0, 0.1) is 11.3 Å². The fraction of sp³-hybridized carbons (Fsp3) is 0.900. The lowest BCUT2D eigenvalue weighted by molar-refractivity contribution is 0.0514. The predicted octanol–water partition coefficient (Wildman–Crippen LogP) is 1.45. The Morgan fingerprint density at radius 2 is 2.23 bits per heavy atom. The third-order valence-corrected chi connectivity index (χ3v) is 2.41. The van der Waals surface area contributed by atoms with Gasteiger partial charge in [0.25, 0.3) is 0 Å². The Kier molecular flexibility index (Phi) is 4.81. The summed E-state index contributed by atoms with van der Waals surface area (Å²) < 4.78 is 5.62. The molecule has 1 rings (SSSR count). The molecule has 1 aliphatic carbocycles. The minimum Gasteiger partial charge on any atom is -0.375 e. The highest BCUT2D eigenvalue weighted by atomic mass is 16.5. The fourth-order valence-electron chi connectivity index (χ4n) is 1.68. The number of rotatable bonds is 5. The van der Waals surface area contributed by atoms with Gasteiger partial charge in [0, 0.05) is 0 Å². The number of hydrogen-bond acceptors (Lipinski definition) is 3. The zero-order valence-electron chi connectivity index (χ0n) is 8.25. The highest BCUT2D eigenvalue weighted by Crippen LogP contribution is 2.20. The van der Waals surface area contributed by atoms with E-state index in [4.69, 9.17) is 10.00 Å². The maximum Gasteiger partial charge on any atom is 0.119 e. The molecule has 0 radical (unpaired) electrons. The standard InChI is InChI=1S/C10H18N2O/c1-2-12-9(7-11)8-13-10-5-3-4-6-10/h9-10,12H,2-6,8H2,1H3. The minimum atomic E-state index is -0.134. The summed E-state index contributed by atoms with van der Waals surface area (Å²) in [6, 6.07) is 2.06. The van der Waals surface area contributed by atoms with Crippen molar-refractivity contribution in [1.82, 2.24) is 5.32 Å². The molecule has 3 nitrogen and oxygen atoms in total. The Hall–Kier alpha value is -0.590. The normalized spacial score (nSPS) is 20.0. The highest BCUT2D eigenvalue weighted by Gasteiger charge is 2.16. The van der Waals surface area contributed by atoms with Gasteiger partial charge in [-0.1, -0.05) is 19.8 Å². The van der Waals surface area contributed by atoms with Crippen LogP contribution < -0.4 is 5.32 Å². The van der Waals surface area contributed by atoms with Crippen molar-refractivity contribution in [2.24, 2.45) is 0 Å². The van der Waals surface area contributed by atoms with Crippen LogP contribution in [0.5, 0.6) is 0 Å². The van der Waals surface area contributed by atoms with Crippen LogP contribution in [0.2, 0.25) is 0 Å². The first-order valence-electron chi connectivity index (χ1n) is 5.11. The third-order valence-electron chi connectivity index (χ3n) is 2.41. The molecule has 1 saturated carbocycles. The molecule has 1 N–H and O–H groups in total. The summed E-state index contributed by atoms with van der Waals surface area (Å²) in [5, 5.41) is 11.8. The van der Waals surface area contributed by atoms with Crippen molar-refractivity contribution < 1.29 is 4.74 Å². The van der Waals surface area contributed by atoms with E-state index in [2.05, 4.69) is 11.4 Å². The van der Waals surface area contributed by atoms with Crippen LogP contribution in [0.15, 0.2) is 0 Å². The van der Waals surface area contributed by atoms with Gasteiger partial charge in [-0.15, -0.1) is 0 Å². The minimum absolute atomic E-state index is 0.134. The number of nitriles is 1. The van der Waals surface area contributed by atoms with E-state index < -0.39 is 0 Å². The van der Waals surface area contributed by atoms with E-state index in [1.807, 2.05) is 6.92 Å². The molecule has 0 amide bonds.